The number of hydrogen-bond donors (Lipinski definition) is 0. The van der Waals surface area contributed by atoms with Crippen LogP contribution in [0.3, 0.4) is 0 Å². The molecule has 0 unspecified atom stereocenters. The molecule has 3 rings (SSSR count). The van der Waals surface area contributed by atoms with E-state index in [1.165, 1.54) is 16.7 Å². The van der Waals surface area contributed by atoms with Crippen LogP contribution in [0.15, 0.2) is 66.1 Å². The number of carbonyl (C=O) groups is 1. The summed E-state index contributed by atoms with van der Waals surface area (Å²) in [7, 11) is 0. The lowest BCUT2D eigenvalue weighted by Gasteiger charge is -2.12. The van der Waals surface area contributed by atoms with Gasteiger partial charge in [0.25, 0.3) is 5.91 Å². The number of thiocarbonyl (C=S) groups is 1. The minimum atomic E-state index is -0.119. The second kappa shape index (κ2) is 9.78. The molecule has 1 aliphatic rings. The fourth-order valence-corrected chi connectivity index (χ4v) is 3.98. The molecule has 1 heterocycles. The molecule has 1 saturated heterocycles. The van der Waals surface area contributed by atoms with Crippen molar-refractivity contribution in [1.29, 1.82) is 0 Å². The van der Waals surface area contributed by atoms with Crippen LogP contribution in [-0.4, -0.2) is 34.9 Å². The maximum Gasteiger partial charge on any atom is 0.266 e. The number of thioether (sulfide) groups is 1. The summed E-state index contributed by atoms with van der Waals surface area (Å²) in [5, 5.41) is 0.560. The number of carbonyl (C=O) groups excluding carboxylic acids is 1. The van der Waals surface area contributed by atoms with Gasteiger partial charge in [-0.25, -0.2) is 0 Å². The summed E-state index contributed by atoms with van der Waals surface area (Å²) in [6.07, 6.45) is 3.45. The van der Waals surface area contributed by atoms with Crippen molar-refractivity contribution in [1.82, 2.24) is 4.90 Å². The lowest BCUT2D eigenvalue weighted by atomic mass is 10.2. The van der Waals surface area contributed by atoms with Crippen LogP contribution in [-0.2, 0) is 4.79 Å². The van der Waals surface area contributed by atoms with E-state index in [0.29, 0.717) is 45.5 Å². The van der Waals surface area contributed by atoms with Gasteiger partial charge < -0.3 is 9.47 Å². The summed E-state index contributed by atoms with van der Waals surface area (Å²) < 4.78 is 12.0. The van der Waals surface area contributed by atoms with Crippen LogP contribution in [0, 0.1) is 0 Å². The molecule has 2 aromatic rings. The van der Waals surface area contributed by atoms with E-state index in [-0.39, 0.29) is 5.91 Å². The molecule has 1 aliphatic heterocycles. The summed E-state index contributed by atoms with van der Waals surface area (Å²) in [5.41, 5.74) is 0.805. The first-order chi connectivity index (χ1) is 13.6. The third-order valence-electron chi connectivity index (χ3n) is 3.83. The first kappa shape index (κ1) is 20.5. The minimum absolute atomic E-state index is 0.119. The van der Waals surface area contributed by atoms with Crippen LogP contribution in [0.1, 0.15) is 5.56 Å². The molecule has 2 aromatic carbocycles. The first-order valence-electron chi connectivity index (χ1n) is 8.55. The molecular formula is C21H18ClNO3S2. The number of halogens is 1. The Morgan fingerprint density at radius 1 is 1.07 bits per heavy atom. The van der Waals surface area contributed by atoms with Gasteiger partial charge in [0, 0.05) is 12.1 Å². The van der Waals surface area contributed by atoms with Gasteiger partial charge in [0.05, 0.1) is 9.93 Å². The van der Waals surface area contributed by atoms with Gasteiger partial charge in [-0.3, -0.25) is 9.69 Å². The molecule has 0 aliphatic carbocycles. The molecule has 7 heteroatoms. The van der Waals surface area contributed by atoms with Gasteiger partial charge in [-0.15, -0.1) is 6.58 Å². The SMILES string of the molecule is C=CCN1C(=O)C(=Cc2ccccc2OCCOc2ccccc2Cl)SC1=S. The Kier molecular flexibility index (Phi) is 7.14. The van der Waals surface area contributed by atoms with Gasteiger partial charge >= 0.3 is 0 Å². The van der Waals surface area contributed by atoms with Crippen molar-refractivity contribution < 1.29 is 14.3 Å². The van der Waals surface area contributed by atoms with Crippen molar-refractivity contribution >= 4 is 51.9 Å². The zero-order valence-electron chi connectivity index (χ0n) is 15.0. The van der Waals surface area contributed by atoms with Crippen LogP contribution in [0.2, 0.25) is 5.02 Å². The average molecular weight is 432 g/mol. The second-order valence-electron chi connectivity index (χ2n) is 5.75. The van der Waals surface area contributed by atoms with Crippen LogP contribution >= 0.6 is 35.6 Å². The fourth-order valence-electron chi connectivity index (χ4n) is 2.52. The summed E-state index contributed by atoms with van der Waals surface area (Å²) in [5.74, 6) is 1.16. The van der Waals surface area contributed by atoms with E-state index in [9.17, 15) is 4.79 Å². The molecule has 0 N–H and O–H groups in total. The van der Waals surface area contributed by atoms with E-state index in [1.807, 2.05) is 42.5 Å². The van der Waals surface area contributed by atoms with Crippen molar-refractivity contribution in [3.8, 4) is 11.5 Å². The summed E-state index contributed by atoms with van der Waals surface area (Å²) in [6.45, 7) is 4.75. The van der Waals surface area contributed by atoms with Gasteiger partial charge in [-0.1, -0.05) is 72.0 Å². The molecule has 144 valence electrons. The van der Waals surface area contributed by atoms with Crippen LogP contribution in [0.5, 0.6) is 11.5 Å². The number of hydrogen-bond acceptors (Lipinski definition) is 5. The Balaban J connectivity index is 1.65. The topological polar surface area (TPSA) is 38.8 Å². The van der Waals surface area contributed by atoms with Crippen molar-refractivity contribution in [2.45, 2.75) is 0 Å². The van der Waals surface area contributed by atoms with Crippen LogP contribution in [0.25, 0.3) is 6.08 Å². The highest BCUT2D eigenvalue weighted by Gasteiger charge is 2.31. The number of rotatable bonds is 8. The molecular weight excluding hydrogens is 414 g/mol. The molecule has 1 fully saturated rings. The average Bonchev–Trinajstić information content (AvgIpc) is 2.95. The van der Waals surface area contributed by atoms with E-state index in [2.05, 4.69) is 6.58 Å². The quantitative estimate of drug-likeness (QED) is 0.249. The van der Waals surface area contributed by atoms with Gasteiger partial charge in [-0.2, -0.15) is 0 Å². The molecule has 0 atom stereocenters. The highest BCUT2D eigenvalue weighted by molar-refractivity contribution is 8.26. The smallest absolute Gasteiger partial charge is 0.266 e. The van der Waals surface area contributed by atoms with Crippen molar-refractivity contribution in [3.05, 3.63) is 76.7 Å². The summed E-state index contributed by atoms with van der Waals surface area (Å²) in [4.78, 5) is 14.6. The van der Waals surface area contributed by atoms with Crippen molar-refractivity contribution in [2.24, 2.45) is 0 Å². The monoisotopic (exact) mass is 431 g/mol. The third-order valence-corrected chi connectivity index (χ3v) is 5.52. The molecule has 0 spiro atoms. The standard InChI is InChI=1S/C21H18ClNO3S2/c1-2-11-23-20(24)19(28-21(23)27)14-15-7-3-5-9-17(15)25-12-13-26-18-10-6-4-8-16(18)22/h2-10,14H,1,11-13H2. The maximum absolute atomic E-state index is 12.5. The van der Waals surface area contributed by atoms with Gasteiger partial charge in [0.15, 0.2) is 0 Å². The van der Waals surface area contributed by atoms with Crippen molar-refractivity contribution in [2.75, 3.05) is 19.8 Å². The Morgan fingerprint density at radius 3 is 2.43 bits per heavy atom. The van der Waals surface area contributed by atoms with Gasteiger partial charge in [0.1, 0.15) is 29.0 Å². The Bertz CT molecular complexity index is 929. The van der Waals surface area contributed by atoms with E-state index >= 15 is 0 Å². The number of para-hydroxylation sites is 2. The molecule has 4 nitrogen and oxygen atoms in total. The van der Waals surface area contributed by atoms with E-state index in [4.69, 9.17) is 33.3 Å². The molecule has 1 amide bonds. The Labute approximate surface area is 178 Å². The Hall–Kier alpha value is -2.28. The summed E-state index contributed by atoms with van der Waals surface area (Å²) >= 11 is 12.6. The highest BCUT2D eigenvalue weighted by atomic mass is 35.5. The number of nitrogens with zero attached hydrogens (tertiary/aromatic N) is 1. The predicted octanol–water partition coefficient (Wildman–Crippen LogP) is 5.19. The molecule has 0 radical (unpaired) electrons. The normalized spacial score (nSPS) is 15.2. The van der Waals surface area contributed by atoms with E-state index < -0.39 is 0 Å². The van der Waals surface area contributed by atoms with E-state index in [0.717, 1.165) is 5.56 Å². The van der Waals surface area contributed by atoms with Gasteiger partial charge in [-0.05, 0) is 24.3 Å². The lowest BCUT2D eigenvalue weighted by molar-refractivity contribution is -0.121. The second-order valence-corrected chi connectivity index (χ2v) is 7.83. The first-order valence-corrected chi connectivity index (χ1v) is 10.2. The van der Waals surface area contributed by atoms with Crippen molar-refractivity contribution in [3.63, 3.8) is 0 Å². The summed E-state index contributed by atoms with van der Waals surface area (Å²) in [6, 6.07) is 14.8. The van der Waals surface area contributed by atoms with Crippen LogP contribution in [0.4, 0.5) is 0 Å². The number of benzene rings is 2. The molecule has 0 aromatic heterocycles. The largest absolute Gasteiger partial charge is 0.489 e. The fraction of sp³-hybridized carbons (Fsp3) is 0.143. The Morgan fingerprint density at radius 2 is 1.71 bits per heavy atom. The predicted molar refractivity (Wildman–Crippen MR) is 119 cm³/mol. The zero-order valence-corrected chi connectivity index (χ0v) is 17.4. The highest BCUT2D eigenvalue weighted by Crippen LogP contribution is 2.34. The number of ether oxygens (including phenoxy) is 2. The van der Waals surface area contributed by atoms with Crippen LogP contribution < -0.4 is 9.47 Å². The molecule has 0 saturated carbocycles. The number of amides is 1. The molecule has 28 heavy (non-hydrogen) atoms. The third kappa shape index (κ3) is 4.95. The molecule has 0 bridgehead atoms. The minimum Gasteiger partial charge on any atom is -0.489 e. The van der Waals surface area contributed by atoms with E-state index in [1.54, 1.807) is 18.2 Å². The lowest BCUT2D eigenvalue weighted by Crippen LogP contribution is -2.27. The maximum atomic E-state index is 12.5. The van der Waals surface area contributed by atoms with Gasteiger partial charge in [0.2, 0.25) is 0 Å². The zero-order chi connectivity index (χ0) is 19.9.